The van der Waals surface area contributed by atoms with Gasteiger partial charge in [-0.1, -0.05) is 6.08 Å². The molecule has 0 aliphatic rings. The molecule has 0 spiro atoms. The Kier molecular flexibility index (Phi) is 3.83. The topological polar surface area (TPSA) is 125 Å². The molecular weight excluding hydrogens is 258 g/mol. The van der Waals surface area contributed by atoms with E-state index in [0.29, 0.717) is 5.56 Å². The van der Waals surface area contributed by atoms with Gasteiger partial charge in [0, 0.05) is 6.20 Å². The predicted octanol–water partition coefficient (Wildman–Crippen LogP) is -0.0353. The molecule has 2 heterocycles. The molecular formula is C12H11N7O. The van der Waals surface area contributed by atoms with Crippen LogP contribution < -0.4 is 16.5 Å². The number of hydrogen-bond acceptors (Lipinski definition) is 7. The summed E-state index contributed by atoms with van der Waals surface area (Å²) >= 11 is 0. The summed E-state index contributed by atoms with van der Waals surface area (Å²) in [7, 11) is 0. The zero-order valence-electron chi connectivity index (χ0n) is 10.4. The summed E-state index contributed by atoms with van der Waals surface area (Å²) in [5.74, 6) is 5.85. The number of rotatable bonds is 4. The molecule has 20 heavy (non-hydrogen) atoms. The van der Waals surface area contributed by atoms with Crippen LogP contribution in [0.3, 0.4) is 0 Å². The van der Waals surface area contributed by atoms with Gasteiger partial charge in [0.05, 0.1) is 12.1 Å². The molecule has 0 aliphatic heterocycles. The fourth-order valence-corrected chi connectivity index (χ4v) is 1.52. The number of H-pyrrole nitrogens is 1. The maximum absolute atomic E-state index is 11.6. The van der Waals surface area contributed by atoms with Gasteiger partial charge in [-0.05, 0) is 12.1 Å². The largest absolute Gasteiger partial charge is 0.349 e. The average molecular weight is 269 g/mol. The van der Waals surface area contributed by atoms with E-state index in [0.717, 1.165) is 0 Å². The number of anilines is 1. The number of nitriles is 1. The van der Waals surface area contributed by atoms with Crippen molar-refractivity contribution in [3.63, 3.8) is 0 Å². The van der Waals surface area contributed by atoms with Gasteiger partial charge >= 0.3 is 5.69 Å². The van der Waals surface area contributed by atoms with Crippen LogP contribution in [0.1, 0.15) is 5.56 Å². The Labute approximate surface area is 114 Å². The molecule has 0 aromatic carbocycles. The summed E-state index contributed by atoms with van der Waals surface area (Å²) < 4.78 is 0. The third-order valence-electron chi connectivity index (χ3n) is 2.37. The quantitative estimate of drug-likeness (QED) is 0.453. The molecule has 0 radical (unpaired) electrons. The van der Waals surface area contributed by atoms with Gasteiger partial charge < -0.3 is 0 Å². The molecule has 2 aromatic rings. The molecule has 8 heteroatoms. The number of hydrogen-bond donors (Lipinski definition) is 2. The van der Waals surface area contributed by atoms with Crippen LogP contribution in [0.5, 0.6) is 0 Å². The van der Waals surface area contributed by atoms with Crippen LogP contribution in [0.2, 0.25) is 0 Å². The number of aromatic nitrogens is 4. The second kappa shape index (κ2) is 5.73. The van der Waals surface area contributed by atoms with E-state index in [1.54, 1.807) is 18.2 Å². The number of nitrogens with zero attached hydrogens (tertiary/aromatic N) is 5. The Morgan fingerprint density at radius 1 is 1.55 bits per heavy atom. The summed E-state index contributed by atoms with van der Waals surface area (Å²) in [6.45, 7) is 3.81. The minimum atomic E-state index is -0.626. The van der Waals surface area contributed by atoms with Crippen molar-refractivity contribution in [2.45, 2.75) is 0 Å². The van der Waals surface area contributed by atoms with Gasteiger partial charge in [-0.2, -0.15) is 15.2 Å². The minimum Gasteiger partial charge on any atom is -0.288 e. The molecule has 2 aromatic heterocycles. The smallest absolute Gasteiger partial charge is 0.288 e. The lowest BCUT2D eigenvalue weighted by Gasteiger charge is -2.13. The highest BCUT2D eigenvalue weighted by molar-refractivity contribution is 5.59. The zero-order valence-corrected chi connectivity index (χ0v) is 10.4. The van der Waals surface area contributed by atoms with Crippen LogP contribution in [0, 0.1) is 11.3 Å². The van der Waals surface area contributed by atoms with Crippen LogP contribution in [0.25, 0.3) is 11.5 Å². The van der Waals surface area contributed by atoms with Gasteiger partial charge in [-0.15, -0.1) is 6.58 Å². The molecule has 0 saturated heterocycles. The second-order valence-electron chi connectivity index (χ2n) is 3.75. The highest BCUT2D eigenvalue weighted by atomic mass is 16.1. The number of hydrazine groups is 1. The Morgan fingerprint density at radius 3 is 3.05 bits per heavy atom. The van der Waals surface area contributed by atoms with E-state index >= 15 is 0 Å². The Balaban J connectivity index is 2.56. The Bertz CT molecular complexity index is 731. The molecule has 8 nitrogen and oxygen atoms in total. The Hall–Kier alpha value is -3.05. The molecule has 0 fully saturated rings. The van der Waals surface area contributed by atoms with Crippen molar-refractivity contribution >= 4 is 5.95 Å². The van der Waals surface area contributed by atoms with Crippen LogP contribution >= 0.6 is 0 Å². The van der Waals surface area contributed by atoms with Crippen LogP contribution in [0.15, 0.2) is 35.8 Å². The third kappa shape index (κ3) is 2.68. The van der Waals surface area contributed by atoms with Crippen molar-refractivity contribution in [1.29, 1.82) is 5.26 Å². The summed E-state index contributed by atoms with van der Waals surface area (Å²) in [5.41, 5.74) is -0.0677. The van der Waals surface area contributed by atoms with Gasteiger partial charge in [0.1, 0.15) is 11.8 Å². The molecule has 2 rings (SSSR count). The van der Waals surface area contributed by atoms with Crippen molar-refractivity contribution in [3.05, 3.63) is 47.0 Å². The SMILES string of the molecule is C=CCN(N)c1nc(-c2ncccc2C#N)[nH]c(=O)n1. The van der Waals surface area contributed by atoms with Crippen LogP contribution in [-0.2, 0) is 0 Å². The van der Waals surface area contributed by atoms with Crippen molar-refractivity contribution < 1.29 is 0 Å². The number of nitrogens with two attached hydrogens (primary N) is 1. The lowest BCUT2D eigenvalue weighted by molar-refractivity contribution is 0.845. The van der Waals surface area contributed by atoms with E-state index < -0.39 is 5.69 Å². The average Bonchev–Trinajstić information content (AvgIpc) is 2.46. The summed E-state index contributed by atoms with van der Waals surface area (Å²) in [5, 5.41) is 10.2. The second-order valence-corrected chi connectivity index (χ2v) is 3.75. The monoisotopic (exact) mass is 269 g/mol. The zero-order chi connectivity index (χ0) is 14.5. The van der Waals surface area contributed by atoms with Gasteiger partial charge in [0.2, 0.25) is 5.95 Å². The first-order chi connectivity index (χ1) is 9.65. The highest BCUT2D eigenvalue weighted by Gasteiger charge is 2.12. The van der Waals surface area contributed by atoms with E-state index in [2.05, 4.69) is 26.5 Å². The molecule has 0 amide bonds. The fourth-order valence-electron chi connectivity index (χ4n) is 1.52. The predicted molar refractivity (Wildman–Crippen MR) is 72.3 cm³/mol. The van der Waals surface area contributed by atoms with Gasteiger partial charge in [0.25, 0.3) is 0 Å². The summed E-state index contributed by atoms with van der Waals surface area (Å²) in [6.07, 6.45) is 3.05. The minimum absolute atomic E-state index is 0.0261. The lowest BCUT2D eigenvalue weighted by atomic mass is 10.2. The van der Waals surface area contributed by atoms with Crippen LogP contribution in [0.4, 0.5) is 5.95 Å². The molecule has 0 aliphatic carbocycles. The molecule has 0 unspecified atom stereocenters. The fraction of sp³-hybridized carbons (Fsp3) is 0.0833. The standard InChI is InChI=1S/C12H11N7O/c1-2-6-19(14)11-16-10(17-12(20)18-11)9-8(7-13)4-3-5-15-9/h2-5H,1,6,14H2,(H,16,17,18,20). The third-order valence-corrected chi connectivity index (χ3v) is 2.37. The molecule has 3 N–H and O–H groups in total. The normalized spacial score (nSPS) is 9.80. The van der Waals surface area contributed by atoms with E-state index in [9.17, 15) is 4.79 Å². The number of nitrogens with one attached hydrogen (secondary N) is 1. The first kappa shape index (κ1) is 13.4. The van der Waals surface area contributed by atoms with Gasteiger partial charge in [-0.3, -0.25) is 15.0 Å². The van der Waals surface area contributed by atoms with Crippen molar-refractivity contribution in [2.24, 2.45) is 5.84 Å². The number of aromatic amines is 1. The van der Waals surface area contributed by atoms with Gasteiger partial charge in [0.15, 0.2) is 5.82 Å². The van der Waals surface area contributed by atoms with E-state index in [1.165, 1.54) is 11.2 Å². The summed E-state index contributed by atoms with van der Waals surface area (Å²) in [4.78, 5) is 25.8. The first-order valence-electron chi connectivity index (χ1n) is 5.62. The van der Waals surface area contributed by atoms with E-state index in [4.69, 9.17) is 11.1 Å². The van der Waals surface area contributed by atoms with E-state index in [-0.39, 0.29) is 24.0 Å². The van der Waals surface area contributed by atoms with Crippen molar-refractivity contribution in [3.8, 4) is 17.6 Å². The van der Waals surface area contributed by atoms with Gasteiger partial charge in [-0.25, -0.2) is 10.6 Å². The van der Waals surface area contributed by atoms with Crippen LogP contribution in [-0.4, -0.2) is 26.5 Å². The van der Waals surface area contributed by atoms with Crippen molar-refractivity contribution in [2.75, 3.05) is 11.6 Å². The Morgan fingerprint density at radius 2 is 2.35 bits per heavy atom. The first-order valence-corrected chi connectivity index (χ1v) is 5.62. The molecule has 0 saturated carbocycles. The lowest BCUT2D eigenvalue weighted by Crippen LogP contribution is -2.34. The maximum atomic E-state index is 11.6. The number of pyridine rings is 1. The van der Waals surface area contributed by atoms with Crippen molar-refractivity contribution in [1.82, 2.24) is 19.9 Å². The molecule has 0 atom stereocenters. The molecule has 0 bridgehead atoms. The van der Waals surface area contributed by atoms with E-state index in [1.807, 2.05) is 6.07 Å². The summed E-state index contributed by atoms with van der Waals surface area (Å²) in [6, 6.07) is 5.18. The maximum Gasteiger partial charge on any atom is 0.349 e. The highest BCUT2D eigenvalue weighted by Crippen LogP contribution is 2.16. The molecule has 100 valence electrons.